The first kappa shape index (κ1) is 16.2. The average molecular weight is 322 g/mol. The Morgan fingerprint density at radius 2 is 1.75 bits per heavy atom. The Morgan fingerprint density at radius 1 is 1.04 bits per heavy atom. The summed E-state index contributed by atoms with van der Waals surface area (Å²) >= 11 is 0. The van der Waals surface area contributed by atoms with Crippen molar-refractivity contribution in [3.8, 4) is 0 Å². The fourth-order valence-corrected chi connectivity index (χ4v) is 3.51. The molecule has 0 spiro atoms. The summed E-state index contributed by atoms with van der Waals surface area (Å²) in [5.74, 6) is 0.328. The van der Waals surface area contributed by atoms with Crippen LogP contribution in [0.4, 0.5) is 0 Å². The zero-order valence-corrected chi connectivity index (χ0v) is 13.8. The summed E-state index contributed by atoms with van der Waals surface area (Å²) in [6.07, 6.45) is 0.951. The van der Waals surface area contributed by atoms with Gasteiger partial charge in [0.25, 0.3) is 5.91 Å². The molecule has 0 radical (unpaired) electrons. The van der Waals surface area contributed by atoms with Crippen LogP contribution in [0, 0.1) is 5.92 Å². The second-order valence-electron chi connectivity index (χ2n) is 6.48. The maximum absolute atomic E-state index is 12.7. The van der Waals surface area contributed by atoms with E-state index in [9.17, 15) is 9.59 Å². The average Bonchev–Trinajstić information content (AvgIpc) is 2.62. The molecular formula is C20H22N2O2. The predicted octanol–water partition coefficient (Wildman–Crippen LogP) is 3.05. The molecule has 1 saturated heterocycles. The van der Waals surface area contributed by atoms with Crippen LogP contribution in [0.3, 0.4) is 0 Å². The Balaban J connectivity index is 1.72. The van der Waals surface area contributed by atoms with Crippen LogP contribution >= 0.6 is 0 Å². The SMILES string of the molecule is CC1CN(C(=O)c2cccc(C(N)=O)c2)CCC1c1ccccc1. The Morgan fingerprint density at radius 3 is 2.42 bits per heavy atom. The first-order valence-corrected chi connectivity index (χ1v) is 8.30. The molecule has 1 aliphatic heterocycles. The van der Waals surface area contributed by atoms with Crippen LogP contribution in [0.15, 0.2) is 54.6 Å². The van der Waals surface area contributed by atoms with E-state index in [4.69, 9.17) is 5.73 Å². The van der Waals surface area contributed by atoms with Gasteiger partial charge in [-0.15, -0.1) is 0 Å². The number of carbonyl (C=O) groups is 2. The number of hydrogen-bond acceptors (Lipinski definition) is 2. The van der Waals surface area contributed by atoms with Crippen LogP contribution in [0.2, 0.25) is 0 Å². The van der Waals surface area contributed by atoms with E-state index in [2.05, 4.69) is 31.2 Å². The molecule has 124 valence electrons. The first-order valence-electron chi connectivity index (χ1n) is 8.30. The normalized spacial score (nSPS) is 20.6. The topological polar surface area (TPSA) is 63.4 Å². The molecule has 2 N–H and O–H groups in total. The lowest BCUT2D eigenvalue weighted by Gasteiger charge is -2.37. The molecular weight excluding hydrogens is 300 g/mol. The van der Waals surface area contributed by atoms with Gasteiger partial charge in [0, 0.05) is 24.2 Å². The van der Waals surface area contributed by atoms with Gasteiger partial charge in [-0.3, -0.25) is 9.59 Å². The molecule has 1 heterocycles. The molecule has 0 aromatic heterocycles. The van der Waals surface area contributed by atoms with Crippen molar-refractivity contribution in [2.45, 2.75) is 19.3 Å². The molecule has 2 aromatic carbocycles. The lowest BCUT2D eigenvalue weighted by Crippen LogP contribution is -2.42. The van der Waals surface area contributed by atoms with Gasteiger partial charge in [0.1, 0.15) is 0 Å². The van der Waals surface area contributed by atoms with Gasteiger partial charge in [-0.25, -0.2) is 0 Å². The molecule has 0 aliphatic carbocycles. The van der Waals surface area contributed by atoms with Gasteiger partial charge in [-0.1, -0.05) is 43.3 Å². The van der Waals surface area contributed by atoms with Crippen LogP contribution in [-0.4, -0.2) is 29.8 Å². The Kier molecular flexibility index (Phi) is 4.65. The highest BCUT2D eigenvalue weighted by Gasteiger charge is 2.30. The summed E-state index contributed by atoms with van der Waals surface area (Å²) < 4.78 is 0. The molecule has 0 saturated carbocycles. The Labute approximate surface area is 142 Å². The number of carbonyl (C=O) groups excluding carboxylic acids is 2. The number of nitrogens with zero attached hydrogens (tertiary/aromatic N) is 1. The molecule has 1 aliphatic rings. The standard InChI is InChI=1S/C20H22N2O2/c1-14-13-22(11-10-18(14)15-6-3-2-4-7-15)20(24)17-9-5-8-16(12-17)19(21)23/h2-9,12,14,18H,10-11,13H2,1H3,(H2,21,23). The first-order chi connectivity index (χ1) is 11.6. The maximum atomic E-state index is 12.7. The van der Waals surface area contributed by atoms with Crippen molar-refractivity contribution in [1.82, 2.24) is 4.90 Å². The zero-order valence-electron chi connectivity index (χ0n) is 13.8. The quantitative estimate of drug-likeness (QED) is 0.944. The number of rotatable bonds is 3. The van der Waals surface area contributed by atoms with Gasteiger partial charge in [0.05, 0.1) is 0 Å². The number of benzene rings is 2. The van der Waals surface area contributed by atoms with Crippen molar-refractivity contribution < 1.29 is 9.59 Å². The fourth-order valence-electron chi connectivity index (χ4n) is 3.51. The second kappa shape index (κ2) is 6.87. The molecule has 4 nitrogen and oxygen atoms in total. The molecule has 3 rings (SSSR count). The van der Waals surface area contributed by atoms with Gasteiger partial charge in [-0.2, -0.15) is 0 Å². The van der Waals surface area contributed by atoms with Gasteiger partial charge < -0.3 is 10.6 Å². The number of amides is 2. The number of primary amides is 1. The fraction of sp³-hybridized carbons (Fsp3) is 0.300. The van der Waals surface area contributed by atoms with Crippen molar-refractivity contribution in [1.29, 1.82) is 0 Å². The van der Waals surface area contributed by atoms with Crippen molar-refractivity contribution in [2.24, 2.45) is 11.7 Å². The monoisotopic (exact) mass is 322 g/mol. The van der Waals surface area contributed by atoms with Crippen molar-refractivity contribution >= 4 is 11.8 Å². The van der Waals surface area contributed by atoms with Crippen LogP contribution in [0.5, 0.6) is 0 Å². The maximum Gasteiger partial charge on any atom is 0.253 e. The molecule has 2 aromatic rings. The van der Waals surface area contributed by atoms with Crippen LogP contribution < -0.4 is 5.73 Å². The largest absolute Gasteiger partial charge is 0.366 e. The van der Waals surface area contributed by atoms with Crippen molar-refractivity contribution in [2.75, 3.05) is 13.1 Å². The van der Waals surface area contributed by atoms with Crippen molar-refractivity contribution in [3.63, 3.8) is 0 Å². The third-order valence-corrected chi connectivity index (χ3v) is 4.81. The van der Waals surface area contributed by atoms with Gasteiger partial charge in [-0.05, 0) is 42.0 Å². The summed E-state index contributed by atoms with van der Waals surface area (Å²) in [5, 5.41) is 0. The number of piperidine rings is 1. The smallest absolute Gasteiger partial charge is 0.253 e. The third-order valence-electron chi connectivity index (χ3n) is 4.81. The molecule has 1 fully saturated rings. The molecule has 2 amide bonds. The highest BCUT2D eigenvalue weighted by molar-refractivity contribution is 5.99. The highest BCUT2D eigenvalue weighted by atomic mass is 16.2. The minimum absolute atomic E-state index is 0.0311. The van der Waals surface area contributed by atoms with E-state index < -0.39 is 5.91 Å². The molecule has 24 heavy (non-hydrogen) atoms. The van der Waals surface area contributed by atoms with Crippen LogP contribution in [0.1, 0.15) is 45.5 Å². The Hall–Kier alpha value is -2.62. The zero-order chi connectivity index (χ0) is 17.1. The summed E-state index contributed by atoms with van der Waals surface area (Å²) in [5.41, 5.74) is 7.54. The predicted molar refractivity (Wildman–Crippen MR) is 93.8 cm³/mol. The van der Waals surface area contributed by atoms with E-state index in [1.54, 1.807) is 24.3 Å². The third kappa shape index (κ3) is 3.32. The minimum Gasteiger partial charge on any atom is -0.366 e. The van der Waals surface area contributed by atoms with Crippen molar-refractivity contribution in [3.05, 3.63) is 71.3 Å². The summed E-state index contributed by atoms with van der Waals surface area (Å²) in [7, 11) is 0. The number of hydrogen-bond donors (Lipinski definition) is 1. The van der Waals surface area contributed by atoms with Crippen LogP contribution in [-0.2, 0) is 0 Å². The molecule has 2 atom stereocenters. The number of likely N-dealkylation sites (tertiary alicyclic amines) is 1. The van der Waals surface area contributed by atoms with E-state index in [1.807, 2.05) is 11.0 Å². The lowest BCUT2D eigenvalue weighted by atomic mass is 9.81. The van der Waals surface area contributed by atoms with Crippen LogP contribution in [0.25, 0.3) is 0 Å². The minimum atomic E-state index is -0.513. The molecule has 0 bridgehead atoms. The molecule has 4 heteroatoms. The lowest BCUT2D eigenvalue weighted by molar-refractivity contribution is 0.0661. The highest BCUT2D eigenvalue weighted by Crippen LogP contribution is 2.33. The van der Waals surface area contributed by atoms with Gasteiger partial charge in [0.15, 0.2) is 0 Å². The molecule has 2 unspecified atom stereocenters. The summed E-state index contributed by atoms with van der Waals surface area (Å²) in [6.45, 7) is 3.64. The Bertz CT molecular complexity index is 742. The van der Waals surface area contributed by atoms with Gasteiger partial charge in [0.2, 0.25) is 5.91 Å². The van der Waals surface area contributed by atoms with E-state index in [-0.39, 0.29) is 5.91 Å². The van der Waals surface area contributed by atoms with E-state index in [1.165, 1.54) is 5.56 Å². The van der Waals surface area contributed by atoms with E-state index >= 15 is 0 Å². The van der Waals surface area contributed by atoms with E-state index in [0.29, 0.717) is 23.0 Å². The van der Waals surface area contributed by atoms with E-state index in [0.717, 1.165) is 19.5 Å². The van der Waals surface area contributed by atoms with Gasteiger partial charge >= 0.3 is 0 Å². The summed E-state index contributed by atoms with van der Waals surface area (Å²) in [4.78, 5) is 25.9. The number of nitrogens with two attached hydrogens (primary N) is 1. The summed E-state index contributed by atoms with van der Waals surface area (Å²) in [6, 6.07) is 17.1. The second-order valence-corrected chi connectivity index (χ2v) is 6.48.